The van der Waals surface area contributed by atoms with Gasteiger partial charge in [-0.1, -0.05) is 65.0 Å². The Morgan fingerprint density at radius 1 is 1.00 bits per heavy atom. The van der Waals surface area contributed by atoms with Crippen LogP contribution in [0.4, 0.5) is 0 Å². The Balaban J connectivity index is 1.93. The highest BCUT2D eigenvalue weighted by molar-refractivity contribution is 5.80. The smallest absolute Gasteiger partial charge is 0.207 e. The molecular formula is C22H27N3O. The number of fused-ring (bicyclic) bond motifs is 1. The van der Waals surface area contributed by atoms with Crippen LogP contribution < -0.4 is 5.32 Å². The van der Waals surface area contributed by atoms with Gasteiger partial charge in [0, 0.05) is 17.5 Å². The Hall–Kier alpha value is -2.62. The van der Waals surface area contributed by atoms with E-state index in [-0.39, 0.29) is 10.8 Å². The first kappa shape index (κ1) is 18.2. The zero-order chi connectivity index (χ0) is 18.9. The predicted octanol–water partition coefficient (Wildman–Crippen LogP) is 4.55. The molecule has 3 rings (SSSR count). The van der Waals surface area contributed by atoms with Crippen molar-refractivity contribution in [3.8, 4) is 11.4 Å². The minimum atomic E-state index is -0.150. The highest BCUT2D eigenvalue weighted by Gasteiger charge is 2.21. The first-order chi connectivity index (χ1) is 12.2. The standard InChI is InChI=1S/C22H27N3O/c1-21(2,3)16-8-6-15(7-9-16)20-24-18-11-10-17(12-19(18)25-20)22(4,5)13-23-14-26/h6-12,14H,13H2,1-5H3,(H,23,26)(H,24,25). The largest absolute Gasteiger partial charge is 0.358 e. The van der Waals surface area contributed by atoms with Gasteiger partial charge in [0.25, 0.3) is 0 Å². The van der Waals surface area contributed by atoms with Gasteiger partial charge < -0.3 is 10.3 Å². The molecule has 1 aromatic heterocycles. The van der Waals surface area contributed by atoms with E-state index in [0.717, 1.165) is 34.4 Å². The van der Waals surface area contributed by atoms with Crippen molar-refractivity contribution in [2.45, 2.75) is 45.4 Å². The van der Waals surface area contributed by atoms with E-state index in [2.05, 4.69) is 87.4 Å². The second kappa shape index (κ2) is 6.60. The van der Waals surface area contributed by atoms with Crippen LogP contribution in [-0.4, -0.2) is 22.9 Å². The van der Waals surface area contributed by atoms with Crippen molar-refractivity contribution >= 4 is 17.4 Å². The normalized spacial score (nSPS) is 12.3. The fraction of sp³-hybridized carbons (Fsp3) is 0.364. The van der Waals surface area contributed by atoms with Crippen molar-refractivity contribution < 1.29 is 4.79 Å². The number of H-pyrrole nitrogens is 1. The van der Waals surface area contributed by atoms with Crippen molar-refractivity contribution in [3.05, 3.63) is 53.6 Å². The van der Waals surface area contributed by atoms with Gasteiger partial charge in [-0.3, -0.25) is 4.79 Å². The maximum Gasteiger partial charge on any atom is 0.207 e. The number of hydrogen-bond acceptors (Lipinski definition) is 2. The second-order valence-electron chi connectivity index (χ2n) is 8.53. The van der Waals surface area contributed by atoms with Gasteiger partial charge in [-0.25, -0.2) is 4.98 Å². The van der Waals surface area contributed by atoms with E-state index >= 15 is 0 Å². The van der Waals surface area contributed by atoms with E-state index < -0.39 is 0 Å². The summed E-state index contributed by atoms with van der Waals surface area (Å²) in [6.45, 7) is 11.5. The number of nitrogens with zero attached hydrogens (tertiary/aromatic N) is 1. The number of imidazole rings is 1. The fourth-order valence-corrected chi connectivity index (χ4v) is 3.09. The number of nitrogens with one attached hydrogen (secondary N) is 2. The summed E-state index contributed by atoms with van der Waals surface area (Å²) in [5.41, 5.74) is 5.49. The number of carbonyl (C=O) groups is 1. The number of hydrogen-bond donors (Lipinski definition) is 2. The molecule has 1 amide bonds. The number of carbonyl (C=O) groups excluding carboxylic acids is 1. The summed E-state index contributed by atoms with van der Waals surface area (Å²) in [7, 11) is 0. The van der Waals surface area contributed by atoms with E-state index in [9.17, 15) is 4.79 Å². The number of rotatable bonds is 5. The van der Waals surface area contributed by atoms with E-state index in [1.807, 2.05) is 0 Å². The summed E-state index contributed by atoms with van der Waals surface area (Å²) in [4.78, 5) is 18.8. The third kappa shape index (κ3) is 3.64. The SMILES string of the molecule is CC(C)(C)c1ccc(-c2nc3cc(C(C)(C)CNC=O)ccc3[nH]2)cc1. The van der Waals surface area contributed by atoms with Crippen LogP contribution in [0.2, 0.25) is 0 Å². The van der Waals surface area contributed by atoms with E-state index in [0.29, 0.717) is 6.54 Å². The molecule has 0 bridgehead atoms. The Labute approximate surface area is 155 Å². The molecule has 0 aliphatic heterocycles. The summed E-state index contributed by atoms with van der Waals surface area (Å²) in [6, 6.07) is 14.8. The van der Waals surface area contributed by atoms with Crippen molar-refractivity contribution in [2.24, 2.45) is 0 Å². The van der Waals surface area contributed by atoms with Gasteiger partial charge in [-0.15, -0.1) is 0 Å². The minimum Gasteiger partial charge on any atom is -0.358 e. The number of aromatic nitrogens is 2. The Morgan fingerprint density at radius 2 is 1.65 bits per heavy atom. The molecule has 4 nitrogen and oxygen atoms in total. The van der Waals surface area contributed by atoms with Gasteiger partial charge >= 0.3 is 0 Å². The van der Waals surface area contributed by atoms with E-state index in [4.69, 9.17) is 4.98 Å². The number of aromatic amines is 1. The lowest BCUT2D eigenvalue weighted by atomic mass is 9.84. The van der Waals surface area contributed by atoms with Gasteiger partial charge in [0.05, 0.1) is 11.0 Å². The molecule has 2 aromatic carbocycles. The molecule has 136 valence electrons. The monoisotopic (exact) mass is 349 g/mol. The molecule has 0 saturated heterocycles. The molecule has 0 saturated carbocycles. The van der Waals surface area contributed by atoms with Crippen LogP contribution in [0.3, 0.4) is 0 Å². The number of benzene rings is 2. The molecule has 2 N–H and O–H groups in total. The zero-order valence-corrected chi connectivity index (χ0v) is 16.2. The topological polar surface area (TPSA) is 57.8 Å². The Morgan fingerprint density at radius 3 is 2.27 bits per heavy atom. The Kier molecular flexibility index (Phi) is 4.61. The fourth-order valence-electron chi connectivity index (χ4n) is 3.09. The highest BCUT2D eigenvalue weighted by atomic mass is 16.1. The van der Waals surface area contributed by atoms with E-state index in [1.54, 1.807) is 0 Å². The lowest BCUT2D eigenvalue weighted by Crippen LogP contribution is -2.32. The summed E-state index contributed by atoms with van der Waals surface area (Å²) in [6.07, 6.45) is 0.744. The molecule has 0 unspecified atom stereocenters. The average Bonchev–Trinajstić information content (AvgIpc) is 3.02. The van der Waals surface area contributed by atoms with Crippen LogP contribution in [0.1, 0.15) is 45.7 Å². The molecule has 26 heavy (non-hydrogen) atoms. The van der Waals surface area contributed by atoms with Crippen molar-refractivity contribution in [2.75, 3.05) is 6.54 Å². The first-order valence-electron chi connectivity index (χ1n) is 8.99. The summed E-state index contributed by atoms with van der Waals surface area (Å²) < 4.78 is 0. The molecule has 1 heterocycles. The molecule has 0 aliphatic carbocycles. The highest BCUT2D eigenvalue weighted by Crippen LogP contribution is 2.29. The van der Waals surface area contributed by atoms with Crippen LogP contribution in [0.25, 0.3) is 22.4 Å². The Bertz CT molecular complexity index is 915. The van der Waals surface area contributed by atoms with Gasteiger partial charge in [0.15, 0.2) is 0 Å². The summed E-state index contributed by atoms with van der Waals surface area (Å²) in [5, 5.41) is 2.77. The average molecular weight is 349 g/mol. The molecule has 3 aromatic rings. The molecule has 0 atom stereocenters. The molecular weight excluding hydrogens is 322 g/mol. The van der Waals surface area contributed by atoms with Crippen LogP contribution in [0, 0.1) is 0 Å². The lowest BCUT2D eigenvalue weighted by molar-refractivity contribution is -0.109. The van der Waals surface area contributed by atoms with Crippen LogP contribution in [0.15, 0.2) is 42.5 Å². The van der Waals surface area contributed by atoms with Gasteiger partial charge in [-0.05, 0) is 28.7 Å². The molecule has 4 heteroatoms. The zero-order valence-electron chi connectivity index (χ0n) is 16.2. The first-order valence-corrected chi connectivity index (χ1v) is 8.99. The predicted molar refractivity (Wildman–Crippen MR) is 107 cm³/mol. The molecule has 0 fully saturated rings. The quantitative estimate of drug-likeness (QED) is 0.664. The van der Waals surface area contributed by atoms with Crippen LogP contribution in [0.5, 0.6) is 0 Å². The van der Waals surface area contributed by atoms with Crippen LogP contribution >= 0.6 is 0 Å². The molecule has 0 spiro atoms. The van der Waals surface area contributed by atoms with Crippen LogP contribution in [-0.2, 0) is 15.6 Å². The maximum absolute atomic E-state index is 10.6. The molecule has 0 aliphatic rings. The summed E-state index contributed by atoms with van der Waals surface area (Å²) in [5.74, 6) is 0.876. The van der Waals surface area contributed by atoms with Crippen molar-refractivity contribution in [1.82, 2.24) is 15.3 Å². The van der Waals surface area contributed by atoms with Gasteiger partial charge in [-0.2, -0.15) is 0 Å². The van der Waals surface area contributed by atoms with Gasteiger partial charge in [0.1, 0.15) is 5.82 Å². The third-order valence-corrected chi connectivity index (χ3v) is 4.92. The van der Waals surface area contributed by atoms with Gasteiger partial charge in [0.2, 0.25) is 6.41 Å². The summed E-state index contributed by atoms with van der Waals surface area (Å²) >= 11 is 0. The maximum atomic E-state index is 10.6. The number of amides is 1. The molecule has 0 radical (unpaired) electrons. The lowest BCUT2D eigenvalue weighted by Gasteiger charge is -2.24. The van der Waals surface area contributed by atoms with Crippen molar-refractivity contribution in [3.63, 3.8) is 0 Å². The second-order valence-corrected chi connectivity index (χ2v) is 8.53. The van der Waals surface area contributed by atoms with Crippen molar-refractivity contribution in [1.29, 1.82) is 0 Å². The van der Waals surface area contributed by atoms with E-state index in [1.165, 1.54) is 5.56 Å². The minimum absolute atomic E-state index is 0.141. The third-order valence-electron chi connectivity index (χ3n) is 4.92.